The molecule has 2 fully saturated rings. The lowest BCUT2D eigenvalue weighted by Gasteiger charge is -2.30. The second-order valence-corrected chi connectivity index (χ2v) is 5.84. The van der Waals surface area contributed by atoms with Crippen LogP contribution in [0.3, 0.4) is 0 Å². The number of nitrogens with zero attached hydrogens (tertiary/aromatic N) is 2. The van der Waals surface area contributed by atoms with Gasteiger partial charge in [-0.25, -0.2) is 0 Å². The molecule has 3 heteroatoms. The van der Waals surface area contributed by atoms with Crippen LogP contribution in [0.15, 0.2) is 0 Å². The van der Waals surface area contributed by atoms with E-state index in [9.17, 15) is 0 Å². The molecule has 0 saturated carbocycles. The topological polar surface area (TPSA) is 18.5 Å². The van der Waals surface area contributed by atoms with Gasteiger partial charge in [0.1, 0.15) is 0 Å². The van der Waals surface area contributed by atoms with E-state index in [2.05, 4.69) is 36.1 Å². The van der Waals surface area contributed by atoms with Gasteiger partial charge >= 0.3 is 0 Å². The van der Waals surface area contributed by atoms with Crippen molar-refractivity contribution < 1.29 is 0 Å². The molecule has 2 rings (SSSR count). The number of rotatable bonds is 4. The molecule has 0 aromatic heterocycles. The van der Waals surface area contributed by atoms with E-state index in [0.717, 1.165) is 18.0 Å². The molecule has 94 valence electrons. The minimum absolute atomic E-state index is 0.723. The summed E-state index contributed by atoms with van der Waals surface area (Å²) in [5, 5.41) is 3.56. The first-order chi connectivity index (χ1) is 7.66. The number of hydrogen-bond donors (Lipinski definition) is 1. The van der Waals surface area contributed by atoms with E-state index in [-0.39, 0.29) is 0 Å². The summed E-state index contributed by atoms with van der Waals surface area (Å²) < 4.78 is 0. The van der Waals surface area contributed by atoms with Crippen molar-refractivity contribution in [3.8, 4) is 0 Å². The third-order valence-corrected chi connectivity index (χ3v) is 4.23. The van der Waals surface area contributed by atoms with Gasteiger partial charge in [-0.2, -0.15) is 0 Å². The maximum absolute atomic E-state index is 3.56. The molecule has 0 spiro atoms. The Morgan fingerprint density at radius 1 is 1.31 bits per heavy atom. The summed E-state index contributed by atoms with van der Waals surface area (Å²) in [5.41, 5.74) is 0. The Morgan fingerprint density at radius 2 is 2.12 bits per heavy atom. The summed E-state index contributed by atoms with van der Waals surface area (Å²) in [6, 6.07) is 1.53. The number of hydrogen-bond acceptors (Lipinski definition) is 3. The van der Waals surface area contributed by atoms with Crippen LogP contribution in [0.1, 0.15) is 26.2 Å². The minimum Gasteiger partial charge on any atom is -0.314 e. The molecule has 0 bridgehead atoms. The molecule has 0 radical (unpaired) electrons. The van der Waals surface area contributed by atoms with Crippen molar-refractivity contribution in [3.63, 3.8) is 0 Å². The largest absolute Gasteiger partial charge is 0.314 e. The first-order valence-electron chi connectivity index (χ1n) is 6.79. The van der Waals surface area contributed by atoms with Crippen molar-refractivity contribution in [2.24, 2.45) is 5.92 Å². The van der Waals surface area contributed by atoms with E-state index < -0.39 is 0 Å². The number of likely N-dealkylation sites (tertiary alicyclic amines) is 1. The number of likely N-dealkylation sites (N-methyl/N-ethyl adjacent to an activating group) is 1. The molecule has 0 aliphatic carbocycles. The highest BCUT2D eigenvalue weighted by molar-refractivity contribution is 4.87. The molecule has 3 atom stereocenters. The molecule has 2 heterocycles. The van der Waals surface area contributed by atoms with Gasteiger partial charge in [-0.3, -0.25) is 4.90 Å². The van der Waals surface area contributed by atoms with Gasteiger partial charge in [0.15, 0.2) is 0 Å². The Kier molecular flexibility index (Phi) is 4.22. The van der Waals surface area contributed by atoms with Gasteiger partial charge in [0.25, 0.3) is 0 Å². The van der Waals surface area contributed by atoms with Gasteiger partial charge in [0, 0.05) is 25.2 Å². The average molecular weight is 225 g/mol. The molecule has 2 aliphatic rings. The highest BCUT2D eigenvalue weighted by Crippen LogP contribution is 2.23. The average Bonchev–Trinajstić information content (AvgIpc) is 2.78. The van der Waals surface area contributed by atoms with E-state index >= 15 is 0 Å². The van der Waals surface area contributed by atoms with Crippen molar-refractivity contribution >= 4 is 0 Å². The second kappa shape index (κ2) is 5.48. The fourth-order valence-electron chi connectivity index (χ4n) is 3.23. The van der Waals surface area contributed by atoms with Gasteiger partial charge in [0.2, 0.25) is 0 Å². The van der Waals surface area contributed by atoms with E-state index in [1.54, 1.807) is 0 Å². The third kappa shape index (κ3) is 2.96. The summed E-state index contributed by atoms with van der Waals surface area (Å²) in [4.78, 5) is 5.06. The maximum atomic E-state index is 3.56. The smallest absolute Gasteiger partial charge is 0.0223 e. The normalized spacial score (nSPS) is 36.4. The zero-order valence-corrected chi connectivity index (χ0v) is 11.1. The van der Waals surface area contributed by atoms with E-state index in [1.807, 2.05) is 0 Å². The van der Waals surface area contributed by atoms with Gasteiger partial charge in [-0.1, -0.05) is 0 Å². The van der Waals surface area contributed by atoms with Crippen molar-refractivity contribution in [3.05, 3.63) is 0 Å². The van der Waals surface area contributed by atoms with Gasteiger partial charge in [0.05, 0.1) is 0 Å². The molecular formula is C13H27N3. The van der Waals surface area contributed by atoms with Crippen LogP contribution in [-0.4, -0.2) is 62.2 Å². The predicted octanol–water partition coefficient (Wildman–Crippen LogP) is 1.01. The molecule has 0 amide bonds. The van der Waals surface area contributed by atoms with Crippen molar-refractivity contribution in [1.29, 1.82) is 0 Å². The fraction of sp³-hybridized carbons (Fsp3) is 1.00. The highest BCUT2D eigenvalue weighted by atomic mass is 15.2. The van der Waals surface area contributed by atoms with Crippen molar-refractivity contribution in [1.82, 2.24) is 15.1 Å². The SMILES string of the molecule is CC1NCCC1CN1CCCC1CN(C)C. The summed E-state index contributed by atoms with van der Waals surface area (Å²) in [6.45, 7) is 7.43. The lowest BCUT2D eigenvalue weighted by molar-refractivity contribution is 0.177. The summed E-state index contributed by atoms with van der Waals surface area (Å²) in [5.74, 6) is 0.878. The molecular weight excluding hydrogens is 198 g/mol. The molecule has 1 N–H and O–H groups in total. The predicted molar refractivity (Wildman–Crippen MR) is 68.7 cm³/mol. The first kappa shape index (κ1) is 12.3. The monoisotopic (exact) mass is 225 g/mol. The summed E-state index contributed by atoms with van der Waals surface area (Å²) in [6.07, 6.45) is 4.16. The molecule has 3 nitrogen and oxygen atoms in total. The third-order valence-electron chi connectivity index (χ3n) is 4.23. The lowest BCUT2D eigenvalue weighted by Crippen LogP contribution is -2.41. The van der Waals surface area contributed by atoms with Crippen molar-refractivity contribution in [2.45, 2.75) is 38.3 Å². The molecule has 3 unspecified atom stereocenters. The molecule has 2 saturated heterocycles. The highest BCUT2D eigenvalue weighted by Gasteiger charge is 2.30. The van der Waals surface area contributed by atoms with Crippen LogP contribution in [-0.2, 0) is 0 Å². The standard InChI is InChI=1S/C13H27N3/c1-11-12(6-7-14-11)9-16-8-4-5-13(16)10-15(2)3/h11-14H,4-10H2,1-3H3. The van der Waals surface area contributed by atoms with Crippen molar-refractivity contribution in [2.75, 3.05) is 40.3 Å². The summed E-state index contributed by atoms with van der Waals surface area (Å²) >= 11 is 0. The Labute approximate surface area is 100 Å². The molecule has 0 aromatic carbocycles. The van der Waals surface area contributed by atoms with E-state index in [4.69, 9.17) is 0 Å². The van der Waals surface area contributed by atoms with Crippen LogP contribution >= 0.6 is 0 Å². The van der Waals surface area contributed by atoms with Crippen LogP contribution in [0, 0.1) is 5.92 Å². The minimum atomic E-state index is 0.723. The quantitative estimate of drug-likeness (QED) is 0.770. The van der Waals surface area contributed by atoms with Crippen LogP contribution in [0.25, 0.3) is 0 Å². The van der Waals surface area contributed by atoms with E-state index in [0.29, 0.717) is 0 Å². The lowest BCUT2D eigenvalue weighted by atomic mass is 10.0. The van der Waals surface area contributed by atoms with E-state index in [1.165, 1.54) is 45.4 Å². The maximum Gasteiger partial charge on any atom is 0.0223 e. The van der Waals surface area contributed by atoms with Gasteiger partial charge < -0.3 is 10.2 Å². The second-order valence-electron chi connectivity index (χ2n) is 5.84. The molecule has 0 aromatic rings. The first-order valence-corrected chi connectivity index (χ1v) is 6.79. The van der Waals surface area contributed by atoms with Crippen LogP contribution in [0.5, 0.6) is 0 Å². The Balaban J connectivity index is 1.83. The fourth-order valence-corrected chi connectivity index (χ4v) is 3.23. The van der Waals surface area contributed by atoms with Gasteiger partial charge in [-0.05, 0) is 59.3 Å². The zero-order chi connectivity index (χ0) is 11.5. The molecule has 16 heavy (non-hydrogen) atoms. The Morgan fingerprint density at radius 3 is 2.75 bits per heavy atom. The Bertz CT molecular complexity index is 217. The van der Waals surface area contributed by atoms with Crippen LogP contribution < -0.4 is 5.32 Å². The Hall–Kier alpha value is -0.120. The van der Waals surface area contributed by atoms with Gasteiger partial charge in [-0.15, -0.1) is 0 Å². The zero-order valence-electron chi connectivity index (χ0n) is 11.1. The van der Waals surface area contributed by atoms with Crippen LogP contribution in [0.2, 0.25) is 0 Å². The van der Waals surface area contributed by atoms with Crippen LogP contribution in [0.4, 0.5) is 0 Å². The molecule has 2 aliphatic heterocycles. The number of nitrogens with one attached hydrogen (secondary N) is 1. The summed E-state index contributed by atoms with van der Waals surface area (Å²) in [7, 11) is 4.38.